The van der Waals surface area contributed by atoms with Gasteiger partial charge < -0.3 is 10.6 Å². The summed E-state index contributed by atoms with van der Waals surface area (Å²) in [6.07, 6.45) is 5.02. The third kappa shape index (κ3) is 1.53. The topological polar surface area (TPSA) is 29.3 Å². The number of rotatable bonds is 0. The van der Waals surface area contributed by atoms with E-state index in [1.54, 1.807) is 0 Å². The number of piperidine rings is 1. The molecular weight excluding hydrogens is 184 g/mol. The van der Waals surface area contributed by atoms with Crippen LogP contribution in [0.1, 0.15) is 24.8 Å². The first-order valence-electron chi connectivity index (χ1n) is 5.95. The van der Waals surface area contributed by atoms with Crippen molar-refractivity contribution in [1.29, 1.82) is 0 Å². The fourth-order valence-corrected chi connectivity index (χ4v) is 2.98. The van der Waals surface area contributed by atoms with E-state index in [1.165, 1.54) is 36.9 Å². The number of nitrogens with two attached hydrogens (primary N) is 1. The zero-order chi connectivity index (χ0) is 10.3. The molecule has 2 heterocycles. The Balaban J connectivity index is 1.96. The molecule has 2 unspecified atom stereocenters. The molecule has 0 saturated carbocycles. The van der Waals surface area contributed by atoms with Crippen molar-refractivity contribution in [2.45, 2.75) is 37.8 Å². The third-order valence-corrected chi connectivity index (χ3v) is 3.79. The van der Waals surface area contributed by atoms with Crippen LogP contribution in [-0.2, 0) is 6.42 Å². The van der Waals surface area contributed by atoms with Crippen LogP contribution in [0.4, 0.5) is 5.69 Å². The predicted octanol–water partition coefficient (Wildman–Crippen LogP) is 1.93. The summed E-state index contributed by atoms with van der Waals surface area (Å²) in [5.41, 5.74) is 8.99. The van der Waals surface area contributed by atoms with Crippen molar-refractivity contribution >= 4 is 5.69 Å². The van der Waals surface area contributed by atoms with E-state index in [9.17, 15) is 0 Å². The molecule has 0 aromatic heterocycles. The molecule has 0 spiro atoms. The van der Waals surface area contributed by atoms with E-state index in [0.717, 1.165) is 12.6 Å². The van der Waals surface area contributed by atoms with Crippen LogP contribution in [-0.4, -0.2) is 18.6 Å². The molecule has 0 bridgehead atoms. The Hall–Kier alpha value is -1.02. The highest BCUT2D eigenvalue weighted by molar-refractivity contribution is 5.57. The second-order valence-corrected chi connectivity index (χ2v) is 4.81. The Morgan fingerprint density at radius 2 is 2.00 bits per heavy atom. The lowest BCUT2D eigenvalue weighted by Gasteiger charge is -2.44. The molecule has 0 amide bonds. The van der Waals surface area contributed by atoms with Crippen LogP contribution in [0.3, 0.4) is 0 Å². The van der Waals surface area contributed by atoms with Crippen LogP contribution in [0.25, 0.3) is 0 Å². The van der Waals surface area contributed by atoms with E-state index >= 15 is 0 Å². The van der Waals surface area contributed by atoms with E-state index in [4.69, 9.17) is 5.73 Å². The lowest BCUT2D eigenvalue weighted by Crippen LogP contribution is -2.50. The maximum Gasteiger partial charge on any atom is 0.0401 e. The molecule has 1 aromatic carbocycles. The van der Waals surface area contributed by atoms with Crippen molar-refractivity contribution in [3.05, 3.63) is 29.8 Å². The minimum Gasteiger partial charge on any atom is -0.367 e. The molecule has 1 aromatic rings. The van der Waals surface area contributed by atoms with Gasteiger partial charge in [-0.25, -0.2) is 0 Å². The Morgan fingerprint density at radius 1 is 1.13 bits per heavy atom. The lowest BCUT2D eigenvalue weighted by molar-refractivity contribution is 0.390. The Morgan fingerprint density at radius 3 is 2.93 bits per heavy atom. The lowest BCUT2D eigenvalue weighted by atomic mass is 9.88. The van der Waals surface area contributed by atoms with Gasteiger partial charge in [-0.15, -0.1) is 0 Å². The highest BCUT2D eigenvalue weighted by atomic mass is 15.2. The normalized spacial score (nSPS) is 29.5. The largest absolute Gasteiger partial charge is 0.367 e. The van der Waals surface area contributed by atoms with E-state index in [2.05, 4.69) is 29.2 Å². The molecule has 0 aliphatic carbocycles. The Bertz CT molecular complexity index is 361. The zero-order valence-corrected chi connectivity index (χ0v) is 9.02. The first-order valence-corrected chi connectivity index (χ1v) is 5.95. The molecular formula is C13H18N2. The maximum absolute atomic E-state index is 6.06. The number of para-hydroxylation sites is 1. The SMILES string of the molecule is NC1CCC2CCc3ccccc3N2C1. The van der Waals surface area contributed by atoms with Crippen molar-refractivity contribution < 1.29 is 0 Å². The molecule has 2 nitrogen and oxygen atoms in total. The molecule has 80 valence electrons. The second kappa shape index (κ2) is 3.53. The van der Waals surface area contributed by atoms with Crippen LogP contribution >= 0.6 is 0 Å². The fourth-order valence-electron chi connectivity index (χ4n) is 2.98. The first-order chi connectivity index (χ1) is 7.34. The number of anilines is 1. The second-order valence-electron chi connectivity index (χ2n) is 4.81. The number of hydrogen-bond donors (Lipinski definition) is 1. The minimum absolute atomic E-state index is 0.368. The Labute approximate surface area is 91.1 Å². The summed E-state index contributed by atoms with van der Waals surface area (Å²) in [5.74, 6) is 0. The average Bonchev–Trinajstić information content (AvgIpc) is 2.29. The molecule has 0 radical (unpaired) electrons. The summed E-state index contributed by atoms with van der Waals surface area (Å²) in [7, 11) is 0. The molecule has 2 aliphatic heterocycles. The van der Waals surface area contributed by atoms with Crippen molar-refractivity contribution in [1.82, 2.24) is 0 Å². The highest BCUT2D eigenvalue weighted by Gasteiger charge is 2.30. The summed E-state index contributed by atoms with van der Waals surface area (Å²) >= 11 is 0. The quantitative estimate of drug-likeness (QED) is 0.696. The molecule has 1 saturated heterocycles. The number of aryl methyl sites for hydroxylation is 1. The van der Waals surface area contributed by atoms with Crippen LogP contribution in [0, 0.1) is 0 Å². The molecule has 2 heteroatoms. The van der Waals surface area contributed by atoms with Crippen molar-refractivity contribution in [3.8, 4) is 0 Å². The monoisotopic (exact) mass is 202 g/mol. The summed E-state index contributed by atoms with van der Waals surface area (Å²) in [5, 5.41) is 0. The molecule has 1 fully saturated rings. The van der Waals surface area contributed by atoms with E-state index in [1.807, 2.05) is 0 Å². The van der Waals surface area contributed by atoms with Crippen molar-refractivity contribution in [2.24, 2.45) is 5.73 Å². The number of benzene rings is 1. The number of nitrogens with zero attached hydrogens (tertiary/aromatic N) is 1. The van der Waals surface area contributed by atoms with Crippen LogP contribution in [0.5, 0.6) is 0 Å². The standard InChI is InChI=1S/C13H18N2/c14-11-6-8-12-7-5-10-3-1-2-4-13(10)15(12)9-11/h1-4,11-12H,5-9,14H2. The minimum atomic E-state index is 0.368. The van der Waals surface area contributed by atoms with Gasteiger partial charge in [-0.1, -0.05) is 18.2 Å². The van der Waals surface area contributed by atoms with Gasteiger partial charge in [0.05, 0.1) is 0 Å². The predicted molar refractivity (Wildman–Crippen MR) is 63.1 cm³/mol. The maximum atomic E-state index is 6.06. The highest BCUT2D eigenvalue weighted by Crippen LogP contribution is 2.34. The van der Waals surface area contributed by atoms with Gasteiger partial charge in [-0.3, -0.25) is 0 Å². The molecule has 2 aliphatic rings. The van der Waals surface area contributed by atoms with Crippen LogP contribution < -0.4 is 10.6 Å². The van der Waals surface area contributed by atoms with E-state index in [0.29, 0.717) is 6.04 Å². The van der Waals surface area contributed by atoms with Gasteiger partial charge in [0.2, 0.25) is 0 Å². The zero-order valence-electron chi connectivity index (χ0n) is 9.02. The summed E-state index contributed by atoms with van der Waals surface area (Å²) in [6.45, 7) is 1.04. The third-order valence-electron chi connectivity index (χ3n) is 3.79. The summed E-state index contributed by atoms with van der Waals surface area (Å²) in [6, 6.07) is 9.90. The smallest absolute Gasteiger partial charge is 0.0401 e. The average molecular weight is 202 g/mol. The summed E-state index contributed by atoms with van der Waals surface area (Å²) < 4.78 is 0. The van der Waals surface area contributed by atoms with Gasteiger partial charge in [0, 0.05) is 24.3 Å². The molecule has 15 heavy (non-hydrogen) atoms. The van der Waals surface area contributed by atoms with Crippen molar-refractivity contribution in [2.75, 3.05) is 11.4 Å². The van der Waals surface area contributed by atoms with Gasteiger partial charge in [0.15, 0.2) is 0 Å². The fraction of sp³-hybridized carbons (Fsp3) is 0.538. The van der Waals surface area contributed by atoms with E-state index < -0.39 is 0 Å². The molecule has 3 rings (SSSR count). The molecule has 2 N–H and O–H groups in total. The van der Waals surface area contributed by atoms with Gasteiger partial charge in [-0.05, 0) is 37.3 Å². The first kappa shape index (κ1) is 9.22. The molecule has 2 atom stereocenters. The van der Waals surface area contributed by atoms with Gasteiger partial charge in [0.25, 0.3) is 0 Å². The summed E-state index contributed by atoms with van der Waals surface area (Å²) in [4.78, 5) is 2.53. The van der Waals surface area contributed by atoms with Gasteiger partial charge in [0.1, 0.15) is 0 Å². The Kier molecular flexibility index (Phi) is 2.17. The van der Waals surface area contributed by atoms with Gasteiger partial charge in [-0.2, -0.15) is 0 Å². The van der Waals surface area contributed by atoms with Gasteiger partial charge >= 0.3 is 0 Å². The number of hydrogen-bond acceptors (Lipinski definition) is 2. The number of fused-ring (bicyclic) bond motifs is 3. The van der Waals surface area contributed by atoms with Crippen molar-refractivity contribution in [3.63, 3.8) is 0 Å². The van der Waals surface area contributed by atoms with Crippen LogP contribution in [0.2, 0.25) is 0 Å². The van der Waals surface area contributed by atoms with Crippen LogP contribution in [0.15, 0.2) is 24.3 Å². The van der Waals surface area contributed by atoms with E-state index in [-0.39, 0.29) is 0 Å².